The van der Waals surface area contributed by atoms with Crippen LogP contribution < -0.4 is 4.90 Å². The molecule has 7 heteroatoms. The maximum Gasteiger partial charge on any atom is 0.173 e. The monoisotopic (exact) mass is 396 g/mol. The predicted octanol–water partition coefficient (Wildman–Crippen LogP) is 3.82. The minimum atomic E-state index is -0.0657. The summed E-state index contributed by atoms with van der Waals surface area (Å²) in [5.41, 5.74) is 2.32. The second-order valence-electron chi connectivity index (χ2n) is 7.36. The van der Waals surface area contributed by atoms with Crippen LogP contribution in [0.25, 0.3) is 0 Å². The van der Waals surface area contributed by atoms with Gasteiger partial charge in [0.2, 0.25) is 0 Å². The summed E-state index contributed by atoms with van der Waals surface area (Å²) in [6.07, 6.45) is 0. The Balaban J connectivity index is 1.64. The molecule has 3 aromatic rings. The van der Waals surface area contributed by atoms with Gasteiger partial charge >= 0.3 is 0 Å². The molecule has 28 heavy (non-hydrogen) atoms. The van der Waals surface area contributed by atoms with Crippen molar-refractivity contribution in [1.29, 1.82) is 0 Å². The Morgan fingerprint density at radius 1 is 0.893 bits per heavy atom. The number of halogens is 1. The van der Waals surface area contributed by atoms with Gasteiger partial charge in [0.25, 0.3) is 0 Å². The first-order chi connectivity index (χ1) is 13.6. The highest BCUT2D eigenvalue weighted by Crippen LogP contribution is 2.34. The fourth-order valence-electron chi connectivity index (χ4n) is 3.82. The highest BCUT2D eigenvalue weighted by Gasteiger charge is 2.32. The van der Waals surface area contributed by atoms with Gasteiger partial charge in [-0.3, -0.25) is 4.90 Å². The van der Waals surface area contributed by atoms with E-state index in [9.17, 15) is 0 Å². The summed E-state index contributed by atoms with van der Waals surface area (Å²) in [6.45, 7) is 7.92. The van der Waals surface area contributed by atoms with Crippen molar-refractivity contribution in [1.82, 2.24) is 25.1 Å². The van der Waals surface area contributed by atoms with Crippen molar-refractivity contribution in [3.05, 3.63) is 71.0 Å². The first-order valence-corrected chi connectivity index (χ1v) is 10.1. The fraction of sp³-hybridized carbons (Fsp3) is 0.381. The molecule has 146 valence electrons. The Hall–Kier alpha value is -2.44. The van der Waals surface area contributed by atoms with E-state index < -0.39 is 0 Å². The molecule has 0 saturated carbocycles. The van der Waals surface area contributed by atoms with Crippen LogP contribution in [0.2, 0.25) is 5.02 Å². The number of hydrogen-bond donors (Lipinski definition) is 0. The van der Waals surface area contributed by atoms with Crippen LogP contribution in [0.1, 0.15) is 37.3 Å². The van der Waals surface area contributed by atoms with E-state index in [1.54, 1.807) is 0 Å². The Morgan fingerprint density at radius 2 is 1.57 bits per heavy atom. The molecule has 0 spiro atoms. The smallest absolute Gasteiger partial charge is 0.173 e. The van der Waals surface area contributed by atoms with E-state index in [2.05, 4.69) is 75.6 Å². The highest BCUT2D eigenvalue weighted by molar-refractivity contribution is 6.31. The number of benzene rings is 2. The van der Waals surface area contributed by atoms with E-state index >= 15 is 0 Å². The van der Waals surface area contributed by atoms with E-state index in [-0.39, 0.29) is 12.1 Å². The number of aromatic nitrogens is 4. The minimum absolute atomic E-state index is 0.0657. The van der Waals surface area contributed by atoms with Crippen LogP contribution in [-0.4, -0.2) is 51.3 Å². The molecular formula is C21H25ClN6. The molecule has 1 aromatic heterocycles. The van der Waals surface area contributed by atoms with Crippen LogP contribution in [0.4, 0.5) is 5.69 Å². The summed E-state index contributed by atoms with van der Waals surface area (Å²) in [5, 5.41) is 13.3. The van der Waals surface area contributed by atoms with Gasteiger partial charge in [0.1, 0.15) is 0 Å². The molecule has 2 heterocycles. The van der Waals surface area contributed by atoms with Crippen molar-refractivity contribution in [2.75, 3.05) is 31.1 Å². The molecule has 2 aromatic carbocycles. The molecule has 1 fully saturated rings. The van der Waals surface area contributed by atoms with Crippen molar-refractivity contribution < 1.29 is 0 Å². The third-order valence-electron chi connectivity index (χ3n) is 5.25. The molecular weight excluding hydrogens is 372 g/mol. The zero-order valence-corrected chi connectivity index (χ0v) is 17.0. The van der Waals surface area contributed by atoms with Gasteiger partial charge in [-0.05, 0) is 48.0 Å². The average molecular weight is 397 g/mol. The molecule has 1 atom stereocenters. The average Bonchev–Trinajstić information content (AvgIpc) is 3.21. The molecule has 0 amide bonds. The van der Waals surface area contributed by atoms with E-state index in [0.717, 1.165) is 42.6 Å². The van der Waals surface area contributed by atoms with Gasteiger partial charge < -0.3 is 4.90 Å². The number of hydrogen-bond acceptors (Lipinski definition) is 5. The Labute approximate surface area is 170 Å². The number of para-hydroxylation sites is 1. The zero-order valence-electron chi connectivity index (χ0n) is 16.2. The highest BCUT2D eigenvalue weighted by atomic mass is 35.5. The SMILES string of the molecule is CC(C)n1nnnc1[C@@H](c1ccccc1Cl)N1CCN(c2ccccc2)CC1. The topological polar surface area (TPSA) is 50.1 Å². The number of anilines is 1. The molecule has 4 rings (SSSR count). The van der Waals surface area contributed by atoms with Crippen molar-refractivity contribution in [3.63, 3.8) is 0 Å². The molecule has 0 N–H and O–H groups in total. The maximum absolute atomic E-state index is 6.60. The van der Waals surface area contributed by atoms with Gasteiger partial charge in [0, 0.05) is 36.9 Å². The molecule has 1 saturated heterocycles. The second kappa shape index (κ2) is 8.29. The van der Waals surface area contributed by atoms with E-state index in [1.807, 2.05) is 22.9 Å². The third-order valence-corrected chi connectivity index (χ3v) is 5.60. The van der Waals surface area contributed by atoms with Crippen LogP contribution >= 0.6 is 11.6 Å². The number of tetrazole rings is 1. The lowest BCUT2D eigenvalue weighted by Gasteiger charge is -2.40. The van der Waals surface area contributed by atoms with E-state index in [0.29, 0.717) is 0 Å². The Kier molecular flexibility index (Phi) is 5.59. The molecule has 0 aliphatic carbocycles. The van der Waals surface area contributed by atoms with Crippen molar-refractivity contribution in [2.45, 2.75) is 25.9 Å². The molecule has 0 radical (unpaired) electrons. The van der Waals surface area contributed by atoms with Gasteiger partial charge in [0.15, 0.2) is 5.82 Å². The number of piperazine rings is 1. The van der Waals surface area contributed by atoms with Crippen LogP contribution in [0.5, 0.6) is 0 Å². The van der Waals surface area contributed by atoms with E-state index in [4.69, 9.17) is 11.6 Å². The molecule has 1 aliphatic rings. The van der Waals surface area contributed by atoms with E-state index in [1.165, 1.54) is 5.69 Å². The molecule has 6 nitrogen and oxygen atoms in total. The largest absolute Gasteiger partial charge is 0.369 e. The summed E-state index contributed by atoms with van der Waals surface area (Å²) in [7, 11) is 0. The summed E-state index contributed by atoms with van der Waals surface area (Å²) in [6, 6.07) is 18.7. The quantitative estimate of drug-likeness (QED) is 0.656. The first kappa shape index (κ1) is 18.9. The van der Waals surface area contributed by atoms with Gasteiger partial charge in [0.05, 0.1) is 12.1 Å². The molecule has 0 unspecified atom stereocenters. The van der Waals surface area contributed by atoms with Crippen LogP contribution in [0.3, 0.4) is 0 Å². The Morgan fingerprint density at radius 3 is 2.25 bits per heavy atom. The molecule has 0 bridgehead atoms. The lowest BCUT2D eigenvalue weighted by molar-refractivity contribution is 0.199. The van der Waals surface area contributed by atoms with Crippen molar-refractivity contribution >= 4 is 17.3 Å². The van der Waals surface area contributed by atoms with Crippen LogP contribution in [0.15, 0.2) is 54.6 Å². The molecule has 1 aliphatic heterocycles. The summed E-state index contributed by atoms with van der Waals surface area (Å²) >= 11 is 6.60. The first-order valence-electron chi connectivity index (χ1n) is 9.71. The normalized spacial score (nSPS) is 16.5. The summed E-state index contributed by atoms with van der Waals surface area (Å²) in [5.74, 6) is 0.844. The Bertz CT molecular complexity index is 902. The standard InChI is InChI=1S/C21H25ClN6/c1-16(2)28-21(23-24-25-28)20(18-10-6-7-11-19(18)22)27-14-12-26(13-15-27)17-8-4-3-5-9-17/h3-11,16,20H,12-15H2,1-2H3/t20-/m1/s1. The lowest BCUT2D eigenvalue weighted by atomic mass is 10.0. The number of rotatable bonds is 5. The fourth-order valence-corrected chi connectivity index (χ4v) is 4.06. The van der Waals surface area contributed by atoms with Crippen molar-refractivity contribution in [3.8, 4) is 0 Å². The van der Waals surface area contributed by atoms with Gasteiger partial charge in [-0.1, -0.05) is 48.0 Å². The van der Waals surface area contributed by atoms with Gasteiger partial charge in [-0.15, -0.1) is 5.10 Å². The lowest BCUT2D eigenvalue weighted by Crippen LogP contribution is -2.48. The van der Waals surface area contributed by atoms with Gasteiger partial charge in [-0.25, -0.2) is 4.68 Å². The predicted molar refractivity (Wildman–Crippen MR) is 112 cm³/mol. The van der Waals surface area contributed by atoms with Gasteiger partial charge in [-0.2, -0.15) is 0 Å². The van der Waals surface area contributed by atoms with Crippen molar-refractivity contribution in [2.24, 2.45) is 0 Å². The van der Waals surface area contributed by atoms with Crippen LogP contribution in [-0.2, 0) is 0 Å². The number of nitrogens with zero attached hydrogens (tertiary/aromatic N) is 6. The minimum Gasteiger partial charge on any atom is -0.369 e. The van der Waals surface area contributed by atoms with Crippen LogP contribution in [0, 0.1) is 0 Å². The second-order valence-corrected chi connectivity index (χ2v) is 7.77. The summed E-state index contributed by atoms with van der Waals surface area (Å²) < 4.78 is 1.90. The third kappa shape index (κ3) is 3.75. The summed E-state index contributed by atoms with van der Waals surface area (Å²) in [4.78, 5) is 4.86. The zero-order chi connectivity index (χ0) is 19.5. The maximum atomic E-state index is 6.60.